The van der Waals surface area contributed by atoms with E-state index in [2.05, 4.69) is 5.10 Å². The van der Waals surface area contributed by atoms with Crippen molar-refractivity contribution < 1.29 is 27.7 Å². The Hall–Kier alpha value is -3.74. The number of hydrazone groups is 1. The first-order valence-electron chi connectivity index (χ1n) is 8.48. The van der Waals surface area contributed by atoms with Crippen LogP contribution in [0.1, 0.15) is 18.9 Å². The van der Waals surface area contributed by atoms with Gasteiger partial charge in [-0.25, -0.2) is 4.83 Å². The Bertz CT molecular complexity index is 1090. The van der Waals surface area contributed by atoms with Crippen LogP contribution in [-0.2, 0) is 10.0 Å². The van der Waals surface area contributed by atoms with Crippen molar-refractivity contribution >= 4 is 27.6 Å². The van der Waals surface area contributed by atoms with Gasteiger partial charge in [-0.3, -0.25) is 20.2 Å². The van der Waals surface area contributed by atoms with Crippen molar-refractivity contribution in [2.45, 2.75) is 18.2 Å². The predicted octanol–water partition coefficient (Wildman–Crippen LogP) is 2.61. The molecular weight excluding hydrogens is 420 g/mol. The van der Waals surface area contributed by atoms with Gasteiger partial charge in [-0.1, -0.05) is 13.0 Å². The second-order valence-electron chi connectivity index (χ2n) is 5.78. The normalized spacial score (nSPS) is 11.3. The lowest BCUT2D eigenvalue weighted by atomic mass is 10.2. The molecule has 30 heavy (non-hydrogen) atoms. The maximum absolute atomic E-state index is 12.3. The molecular formula is C17H18N4O8S. The minimum absolute atomic E-state index is 0.0429. The number of nitro groups is 2. The van der Waals surface area contributed by atoms with E-state index in [-0.39, 0.29) is 34.3 Å². The van der Waals surface area contributed by atoms with Crippen molar-refractivity contribution in [3.63, 3.8) is 0 Å². The molecule has 12 nitrogen and oxygen atoms in total. The van der Waals surface area contributed by atoms with E-state index in [1.54, 1.807) is 0 Å². The number of non-ortho nitro benzene ring substituents is 1. The number of nitrogens with zero attached hydrogens (tertiary/aromatic N) is 3. The molecule has 0 saturated heterocycles. The van der Waals surface area contributed by atoms with Crippen molar-refractivity contribution in [1.29, 1.82) is 0 Å². The quantitative estimate of drug-likeness (QED) is 0.336. The molecule has 0 fully saturated rings. The molecule has 13 heteroatoms. The summed E-state index contributed by atoms with van der Waals surface area (Å²) >= 11 is 0. The van der Waals surface area contributed by atoms with E-state index in [9.17, 15) is 28.6 Å². The third kappa shape index (κ3) is 5.41. The lowest BCUT2D eigenvalue weighted by Crippen LogP contribution is -2.18. The number of hydrogen-bond acceptors (Lipinski definition) is 9. The average Bonchev–Trinajstić information content (AvgIpc) is 2.71. The molecule has 0 radical (unpaired) electrons. The number of rotatable bonds is 10. The van der Waals surface area contributed by atoms with Gasteiger partial charge in [0.05, 0.1) is 34.7 Å². The lowest BCUT2D eigenvalue weighted by molar-refractivity contribution is -0.386. The molecule has 160 valence electrons. The number of sulfonamides is 1. The number of hydrogen-bond donors (Lipinski definition) is 1. The Morgan fingerprint density at radius 1 is 1.17 bits per heavy atom. The van der Waals surface area contributed by atoms with Crippen LogP contribution in [0, 0.1) is 20.2 Å². The lowest BCUT2D eigenvalue weighted by Gasteiger charge is -2.11. The summed E-state index contributed by atoms with van der Waals surface area (Å²) in [6, 6.07) is 6.96. The molecule has 0 aromatic heterocycles. The zero-order chi connectivity index (χ0) is 22.3. The van der Waals surface area contributed by atoms with E-state index in [1.807, 2.05) is 11.8 Å². The van der Waals surface area contributed by atoms with Crippen LogP contribution < -0.4 is 14.3 Å². The molecule has 2 rings (SSSR count). The monoisotopic (exact) mass is 438 g/mol. The average molecular weight is 438 g/mol. The Morgan fingerprint density at radius 2 is 1.90 bits per heavy atom. The Balaban J connectivity index is 2.31. The number of nitro benzene ring substituents is 2. The zero-order valence-corrected chi connectivity index (χ0v) is 16.8. The molecule has 1 N–H and O–H groups in total. The van der Waals surface area contributed by atoms with Gasteiger partial charge in [0, 0.05) is 23.8 Å². The minimum Gasteiger partial charge on any atom is -0.493 e. The van der Waals surface area contributed by atoms with E-state index >= 15 is 0 Å². The van der Waals surface area contributed by atoms with Gasteiger partial charge in [0.2, 0.25) is 5.75 Å². The SMILES string of the molecule is CCCOc1c(OC)cc(/C=N/NS(=O)(=O)c2cccc([N+](=O)[O-])c2)cc1[N+](=O)[O-]. The number of ether oxygens (including phenoxy) is 2. The molecule has 0 aliphatic heterocycles. The van der Waals surface area contributed by atoms with Gasteiger partial charge in [0.15, 0.2) is 5.75 Å². The van der Waals surface area contributed by atoms with E-state index in [0.29, 0.717) is 6.42 Å². The largest absolute Gasteiger partial charge is 0.493 e. The number of benzene rings is 2. The second kappa shape index (κ2) is 9.65. The summed E-state index contributed by atoms with van der Waals surface area (Å²) < 4.78 is 35.1. The van der Waals surface area contributed by atoms with Gasteiger partial charge in [0.1, 0.15) is 0 Å². The van der Waals surface area contributed by atoms with Gasteiger partial charge in [-0.15, -0.1) is 0 Å². The molecule has 0 atom stereocenters. The van der Waals surface area contributed by atoms with Crippen molar-refractivity contribution in [3.05, 3.63) is 62.2 Å². The highest BCUT2D eigenvalue weighted by molar-refractivity contribution is 7.89. The van der Waals surface area contributed by atoms with Crippen LogP contribution in [0.4, 0.5) is 11.4 Å². The van der Waals surface area contributed by atoms with Gasteiger partial charge < -0.3 is 9.47 Å². The van der Waals surface area contributed by atoms with Crippen LogP contribution in [0.2, 0.25) is 0 Å². The summed E-state index contributed by atoms with van der Waals surface area (Å²) in [4.78, 5) is 22.3. The first kappa shape index (κ1) is 22.5. The molecule has 0 unspecified atom stereocenters. The third-order valence-corrected chi connectivity index (χ3v) is 4.87. The summed E-state index contributed by atoms with van der Waals surface area (Å²) in [6.45, 7) is 2.08. The summed E-state index contributed by atoms with van der Waals surface area (Å²) in [7, 11) is -2.88. The number of methoxy groups -OCH3 is 1. The van der Waals surface area contributed by atoms with Crippen LogP contribution in [-0.4, -0.2) is 38.2 Å². The van der Waals surface area contributed by atoms with Crippen LogP contribution in [0.25, 0.3) is 0 Å². The molecule has 2 aromatic rings. The standard InChI is InChI=1S/C17H18N4O8S/c1-3-7-29-17-15(21(24)25)8-12(9-16(17)28-2)11-18-19-30(26,27)14-6-4-5-13(10-14)20(22)23/h4-6,8-11,19H,3,7H2,1-2H3/b18-11+. The molecule has 0 saturated carbocycles. The summed E-state index contributed by atoms with van der Waals surface area (Å²) in [5.41, 5.74) is -0.597. The molecule has 0 bridgehead atoms. The molecule has 2 aromatic carbocycles. The van der Waals surface area contributed by atoms with Crippen molar-refractivity contribution in [3.8, 4) is 11.5 Å². The topological polar surface area (TPSA) is 163 Å². The maximum Gasteiger partial charge on any atom is 0.315 e. The van der Waals surface area contributed by atoms with Crippen LogP contribution in [0.15, 0.2) is 46.4 Å². The molecule has 0 aliphatic rings. The molecule has 0 heterocycles. The fraction of sp³-hybridized carbons (Fsp3) is 0.235. The van der Waals surface area contributed by atoms with E-state index in [1.165, 1.54) is 25.3 Å². The highest BCUT2D eigenvalue weighted by Crippen LogP contribution is 2.38. The summed E-state index contributed by atoms with van der Waals surface area (Å²) in [5, 5.41) is 25.8. The van der Waals surface area contributed by atoms with Gasteiger partial charge >= 0.3 is 5.69 Å². The fourth-order valence-corrected chi connectivity index (χ4v) is 3.14. The highest BCUT2D eigenvalue weighted by atomic mass is 32.2. The fourth-order valence-electron chi connectivity index (χ4n) is 2.31. The first-order valence-corrected chi connectivity index (χ1v) is 9.96. The maximum atomic E-state index is 12.3. The van der Waals surface area contributed by atoms with Crippen LogP contribution in [0.5, 0.6) is 11.5 Å². The van der Waals surface area contributed by atoms with Gasteiger partial charge in [0.25, 0.3) is 15.7 Å². The predicted molar refractivity (Wildman–Crippen MR) is 106 cm³/mol. The molecule has 0 amide bonds. The second-order valence-corrected chi connectivity index (χ2v) is 7.45. The summed E-state index contributed by atoms with van der Waals surface area (Å²) in [6.07, 6.45) is 1.66. The minimum atomic E-state index is -4.19. The van der Waals surface area contributed by atoms with E-state index in [4.69, 9.17) is 9.47 Å². The first-order chi connectivity index (χ1) is 14.2. The zero-order valence-electron chi connectivity index (χ0n) is 16.0. The van der Waals surface area contributed by atoms with Crippen molar-refractivity contribution in [2.75, 3.05) is 13.7 Å². The van der Waals surface area contributed by atoms with Crippen molar-refractivity contribution in [2.24, 2.45) is 5.10 Å². The van der Waals surface area contributed by atoms with Crippen molar-refractivity contribution in [1.82, 2.24) is 4.83 Å². The number of nitrogens with one attached hydrogen (secondary N) is 1. The van der Waals surface area contributed by atoms with Gasteiger partial charge in [-0.2, -0.15) is 13.5 Å². The van der Waals surface area contributed by atoms with E-state index < -0.39 is 25.6 Å². The highest BCUT2D eigenvalue weighted by Gasteiger charge is 2.22. The third-order valence-electron chi connectivity index (χ3n) is 3.65. The molecule has 0 aliphatic carbocycles. The molecule has 0 spiro atoms. The van der Waals surface area contributed by atoms with Gasteiger partial charge in [-0.05, 0) is 18.6 Å². The summed E-state index contributed by atoms with van der Waals surface area (Å²) in [5.74, 6) is 0.0410. The van der Waals surface area contributed by atoms with Crippen LogP contribution in [0.3, 0.4) is 0 Å². The Kier molecular flexibility index (Phi) is 7.25. The van der Waals surface area contributed by atoms with E-state index in [0.717, 1.165) is 24.4 Å². The van der Waals surface area contributed by atoms with Crippen LogP contribution >= 0.6 is 0 Å². The Labute approximate surface area is 171 Å². The Morgan fingerprint density at radius 3 is 2.50 bits per heavy atom. The smallest absolute Gasteiger partial charge is 0.315 e.